The summed E-state index contributed by atoms with van der Waals surface area (Å²) in [4.78, 5) is 11.9. The van der Waals surface area contributed by atoms with E-state index in [1.165, 1.54) is 12.1 Å². The maximum Gasteiger partial charge on any atom is 0.255 e. The van der Waals surface area contributed by atoms with E-state index < -0.39 is 11.5 Å². The molecule has 1 atom stereocenters. The normalized spacial score (nSPS) is 13.9. The van der Waals surface area contributed by atoms with Crippen LogP contribution in [0.2, 0.25) is 0 Å². The van der Waals surface area contributed by atoms with Gasteiger partial charge in [0.05, 0.1) is 11.2 Å². The van der Waals surface area contributed by atoms with Gasteiger partial charge in [-0.3, -0.25) is 4.79 Å². The van der Waals surface area contributed by atoms with Crippen LogP contribution in [0.25, 0.3) is 0 Å². The molecule has 0 aliphatic rings. The van der Waals surface area contributed by atoms with Crippen LogP contribution in [0, 0.1) is 0 Å². The number of phenols is 1. The Kier molecular flexibility index (Phi) is 5.78. The first kappa shape index (κ1) is 15.9. The molecule has 0 radical (unpaired) electrons. The first-order valence-electron chi connectivity index (χ1n) is 5.84. The molecular weight excluding hydrogens is 314 g/mol. The molecule has 19 heavy (non-hydrogen) atoms. The Morgan fingerprint density at radius 1 is 1.53 bits per heavy atom. The molecule has 5 nitrogen and oxygen atoms in total. The lowest BCUT2D eigenvalue weighted by Gasteiger charge is -2.23. The van der Waals surface area contributed by atoms with Gasteiger partial charge in [0, 0.05) is 31.2 Å². The molecule has 6 heteroatoms. The number of aliphatic hydroxyl groups is 1. The molecule has 3 N–H and O–H groups in total. The standard InChI is InChI=1S/C13H18BrNO4/c1-13(18,5-6-19-2)8-15-12(17)10-4-3-9(14)7-11(10)16/h3-4,7,16,18H,5-6,8H2,1-2H3,(H,15,17). The molecule has 0 saturated heterocycles. The van der Waals surface area contributed by atoms with Crippen molar-refractivity contribution in [3.63, 3.8) is 0 Å². The monoisotopic (exact) mass is 331 g/mol. The van der Waals surface area contributed by atoms with Crippen molar-refractivity contribution >= 4 is 21.8 Å². The fourth-order valence-corrected chi connectivity index (χ4v) is 1.82. The van der Waals surface area contributed by atoms with Crippen molar-refractivity contribution in [2.45, 2.75) is 18.9 Å². The summed E-state index contributed by atoms with van der Waals surface area (Å²) < 4.78 is 5.57. The number of hydrogen-bond donors (Lipinski definition) is 3. The van der Waals surface area contributed by atoms with Gasteiger partial charge in [0.15, 0.2) is 0 Å². The van der Waals surface area contributed by atoms with E-state index in [0.29, 0.717) is 17.5 Å². The highest BCUT2D eigenvalue weighted by atomic mass is 79.9. The average Bonchev–Trinajstić information content (AvgIpc) is 2.34. The van der Waals surface area contributed by atoms with E-state index in [9.17, 15) is 15.0 Å². The number of aromatic hydroxyl groups is 1. The lowest BCUT2D eigenvalue weighted by molar-refractivity contribution is 0.0243. The van der Waals surface area contributed by atoms with E-state index in [1.54, 1.807) is 20.1 Å². The summed E-state index contributed by atoms with van der Waals surface area (Å²) in [6, 6.07) is 4.62. The lowest BCUT2D eigenvalue weighted by atomic mass is 10.0. The maximum absolute atomic E-state index is 11.9. The second-order valence-electron chi connectivity index (χ2n) is 4.58. The minimum Gasteiger partial charge on any atom is -0.507 e. The molecule has 0 fully saturated rings. The summed E-state index contributed by atoms with van der Waals surface area (Å²) in [6.07, 6.45) is 0.413. The molecule has 0 heterocycles. The summed E-state index contributed by atoms with van der Waals surface area (Å²) in [5.74, 6) is -0.536. The van der Waals surface area contributed by atoms with Crippen LogP contribution in [0.15, 0.2) is 22.7 Å². The quantitative estimate of drug-likeness (QED) is 0.740. The molecule has 1 rings (SSSR count). The largest absolute Gasteiger partial charge is 0.507 e. The number of halogens is 1. The van der Waals surface area contributed by atoms with Crippen LogP contribution in [0.5, 0.6) is 5.75 Å². The van der Waals surface area contributed by atoms with E-state index in [-0.39, 0.29) is 17.9 Å². The van der Waals surface area contributed by atoms with Crippen LogP contribution in [-0.4, -0.2) is 42.0 Å². The molecule has 0 aromatic heterocycles. The van der Waals surface area contributed by atoms with Crippen LogP contribution in [0.3, 0.4) is 0 Å². The molecule has 0 aliphatic heterocycles. The topological polar surface area (TPSA) is 78.8 Å². The second kappa shape index (κ2) is 6.88. The third kappa shape index (κ3) is 5.18. The third-order valence-corrected chi connectivity index (χ3v) is 3.17. The first-order valence-corrected chi connectivity index (χ1v) is 6.63. The van der Waals surface area contributed by atoms with E-state index in [2.05, 4.69) is 21.2 Å². The summed E-state index contributed by atoms with van der Waals surface area (Å²) >= 11 is 3.20. The fourth-order valence-electron chi connectivity index (χ4n) is 1.47. The van der Waals surface area contributed by atoms with E-state index >= 15 is 0 Å². The fraction of sp³-hybridized carbons (Fsp3) is 0.462. The lowest BCUT2D eigenvalue weighted by Crippen LogP contribution is -2.41. The van der Waals surface area contributed by atoms with Gasteiger partial charge in [0.25, 0.3) is 5.91 Å². The Morgan fingerprint density at radius 3 is 2.79 bits per heavy atom. The zero-order chi connectivity index (χ0) is 14.5. The number of carbonyl (C=O) groups is 1. The van der Waals surface area contributed by atoms with Gasteiger partial charge in [-0.1, -0.05) is 15.9 Å². The van der Waals surface area contributed by atoms with Crippen molar-refractivity contribution in [1.29, 1.82) is 0 Å². The van der Waals surface area contributed by atoms with Gasteiger partial charge >= 0.3 is 0 Å². The Bertz CT molecular complexity index is 448. The zero-order valence-corrected chi connectivity index (χ0v) is 12.5. The number of ether oxygens (including phenoxy) is 1. The van der Waals surface area contributed by atoms with Gasteiger partial charge < -0.3 is 20.3 Å². The summed E-state index contributed by atoms with van der Waals surface area (Å²) in [7, 11) is 1.55. The number of phenolic OH excluding ortho intramolecular Hbond substituents is 1. The highest BCUT2D eigenvalue weighted by Gasteiger charge is 2.22. The van der Waals surface area contributed by atoms with Crippen LogP contribution in [-0.2, 0) is 4.74 Å². The minimum atomic E-state index is -1.04. The van der Waals surface area contributed by atoms with Crippen molar-refractivity contribution in [1.82, 2.24) is 5.32 Å². The first-order chi connectivity index (χ1) is 8.85. The number of methoxy groups -OCH3 is 1. The van der Waals surface area contributed by atoms with Crippen LogP contribution < -0.4 is 5.32 Å². The third-order valence-electron chi connectivity index (χ3n) is 2.68. The highest BCUT2D eigenvalue weighted by Crippen LogP contribution is 2.22. The molecule has 0 bridgehead atoms. The summed E-state index contributed by atoms with van der Waals surface area (Å²) in [5.41, 5.74) is -0.873. The van der Waals surface area contributed by atoms with Gasteiger partial charge in [0.1, 0.15) is 5.75 Å². The molecular formula is C13H18BrNO4. The molecule has 0 saturated carbocycles. The van der Waals surface area contributed by atoms with Crippen LogP contribution >= 0.6 is 15.9 Å². The predicted octanol–water partition coefficient (Wildman–Crippen LogP) is 1.67. The summed E-state index contributed by atoms with van der Waals surface area (Å²) in [6.45, 7) is 2.12. The van der Waals surface area contributed by atoms with Gasteiger partial charge in [0.2, 0.25) is 0 Å². The van der Waals surface area contributed by atoms with Crippen molar-refractivity contribution in [2.24, 2.45) is 0 Å². The zero-order valence-electron chi connectivity index (χ0n) is 10.9. The average molecular weight is 332 g/mol. The van der Waals surface area contributed by atoms with Gasteiger partial charge in [-0.15, -0.1) is 0 Å². The molecule has 1 unspecified atom stereocenters. The van der Waals surface area contributed by atoms with Gasteiger partial charge in [-0.05, 0) is 25.1 Å². The molecule has 1 amide bonds. The van der Waals surface area contributed by atoms with Crippen molar-refractivity contribution in [2.75, 3.05) is 20.3 Å². The van der Waals surface area contributed by atoms with Crippen LogP contribution in [0.4, 0.5) is 0 Å². The smallest absolute Gasteiger partial charge is 0.255 e. The molecule has 106 valence electrons. The Morgan fingerprint density at radius 2 is 2.21 bits per heavy atom. The number of nitrogens with one attached hydrogen (secondary N) is 1. The number of carbonyl (C=O) groups excluding carboxylic acids is 1. The Hall–Kier alpha value is -1.11. The second-order valence-corrected chi connectivity index (χ2v) is 5.50. The number of benzene rings is 1. The van der Waals surface area contributed by atoms with Crippen LogP contribution in [0.1, 0.15) is 23.7 Å². The molecule has 0 spiro atoms. The van der Waals surface area contributed by atoms with Gasteiger partial charge in [-0.25, -0.2) is 0 Å². The Labute approximate surface area is 120 Å². The number of amides is 1. The maximum atomic E-state index is 11.9. The molecule has 1 aromatic rings. The van der Waals surface area contributed by atoms with E-state index in [4.69, 9.17) is 4.74 Å². The van der Waals surface area contributed by atoms with Crippen molar-refractivity contribution < 1.29 is 19.7 Å². The van der Waals surface area contributed by atoms with E-state index in [0.717, 1.165) is 0 Å². The van der Waals surface area contributed by atoms with Gasteiger partial charge in [-0.2, -0.15) is 0 Å². The van der Waals surface area contributed by atoms with Crippen molar-refractivity contribution in [3.05, 3.63) is 28.2 Å². The molecule has 0 aliphatic carbocycles. The summed E-state index contributed by atoms with van der Waals surface area (Å²) in [5, 5.41) is 22.2. The SMILES string of the molecule is COCCC(C)(O)CNC(=O)c1ccc(Br)cc1O. The predicted molar refractivity (Wildman–Crippen MR) is 75.3 cm³/mol. The Balaban J connectivity index is 2.60. The van der Waals surface area contributed by atoms with E-state index in [1.807, 2.05) is 0 Å². The van der Waals surface area contributed by atoms with Crippen molar-refractivity contribution in [3.8, 4) is 5.75 Å². The number of rotatable bonds is 6. The highest BCUT2D eigenvalue weighted by molar-refractivity contribution is 9.10. The minimum absolute atomic E-state index is 0.0880. The molecule has 1 aromatic carbocycles. The number of hydrogen-bond acceptors (Lipinski definition) is 4.